The average molecular weight is 321 g/mol. The molecule has 3 heterocycles. The molecule has 1 aliphatic heterocycles. The average Bonchev–Trinajstić information content (AvgIpc) is 3.18. The lowest BCUT2D eigenvalue weighted by molar-refractivity contribution is 0.0117. The van der Waals surface area contributed by atoms with Crippen molar-refractivity contribution >= 4 is 5.91 Å². The third kappa shape index (κ3) is 2.66. The van der Waals surface area contributed by atoms with Crippen LogP contribution in [0.25, 0.3) is 0 Å². The van der Waals surface area contributed by atoms with Crippen LogP contribution in [0.3, 0.4) is 0 Å². The number of nitrogens with zero attached hydrogens (tertiary/aromatic N) is 5. The molecule has 1 amide bonds. The zero-order valence-corrected chi connectivity index (χ0v) is 12.0. The second-order valence-electron chi connectivity index (χ2n) is 5.91. The van der Waals surface area contributed by atoms with Gasteiger partial charge >= 0.3 is 0 Å². The van der Waals surface area contributed by atoms with Crippen molar-refractivity contribution in [2.24, 2.45) is 0 Å². The molecular weight excluding hydrogens is 308 g/mol. The Balaban J connectivity index is 1.64. The smallest absolute Gasteiger partial charge is 0.267 e. The fraction of sp³-hybridized carbons (Fsp3) is 0.500. The van der Waals surface area contributed by atoms with Crippen LogP contribution in [0.5, 0.6) is 0 Å². The molecule has 2 aromatic heterocycles. The summed E-state index contributed by atoms with van der Waals surface area (Å²) in [6.07, 6.45) is 4.02. The van der Waals surface area contributed by atoms with Crippen molar-refractivity contribution in [2.45, 2.75) is 37.1 Å². The highest BCUT2D eigenvalue weighted by Gasteiger charge is 2.50. The van der Waals surface area contributed by atoms with E-state index < -0.39 is 30.8 Å². The largest absolute Gasteiger partial charge is 0.337 e. The summed E-state index contributed by atoms with van der Waals surface area (Å²) in [6, 6.07) is 0.511. The Morgan fingerprint density at radius 2 is 2.17 bits per heavy atom. The normalized spacial score (nSPS) is 23.2. The number of carbonyl (C=O) groups is 1. The summed E-state index contributed by atoms with van der Waals surface area (Å²) in [5, 5.41) is 11.0. The molecule has 4 rings (SSSR count). The van der Waals surface area contributed by atoms with Gasteiger partial charge in [-0.15, -0.1) is 0 Å². The molecule has 23 heavy (non-hydrogen) atoms. The van der Waals surface area contributed by atoms with E-state index in [1.807, 2.05) is 0 Å². The Kier molecular flexibility index (Phi) is 3.10. The molecule has 0 radical (unpaired) electrons. The van der Waals surface area contributed by atoms with Crippen LogP contribution in [0.2, 0.25) is 0 Å². The van der Waals surface area contributed by atoms with Crippen molar-refractivity contribution in [3.63, 3.8) is 0 Å². The highest BCUT2D eigenvalue weighted by molar-refractivity contribution is 5.94. The van der Waals surface area contributed by atoms with Gasteiger partial charge in [0.2, 0.25) is 5.89 Å². The van der Waals surface area contributed by atoms with Crippen molar-refractivity contribution in [3.05, 3.63) is 35.7 Å². The summed E-state index contributed by atoms with van der Waals surface area (Å²) >= 11 is 0. The minimum Gasteiger partial charge on any atom is -0.337 e. The molecule has 2 fully saturated rings. The van der Waals surface area contributed by atoms with Gasteiger partial charge in [0.05, 0.1) is 24.5 Å². The molecule has 0 aromatic carbocycles. The summed E-state index contributed by atoms with van der Waals surface area (Å²) in [5.74, 6) is -2.68. The van der Waals surface area contributed by atoms with Gasteiger partial charge in [-0.05, 0) is 18.9 Å². The number of carbonyl (C=O) groups excluding carboxylic acids is 1. The predicted octanol–water partition coefficient (Wildman–Crippen LogP) is 1.96. The van der Waals surface area contributed by atoms with Gasteiger partial charge in [-0.25, -0.2) is 8.78 Å². The first-order valence-electron chi connectivity index (χ1n) is 7.32. The summed E-state index contributed by atoms with van der Waals surface area (Å²) in [6.45, 7) is -0.681. The van der Waals surface area contributed by atoms with E-state index in [2.05, 4.69) is 20.3 Å². The lowest BCUT2D eigenvalue weighted by Gasteiger charge is -2.20. The van der Waals surface area contributed by atoms with Crippen molar-refractivity contribution in [3.8, 4) is 0 Å². The molecule has 0 N–H and O–H groups in total. The highest BCUT2D eigenvalue weighted by Crippen LogP contribution is 2.43. The topological polar surface area (TPSA) is 85.0 Å². The van der Waals surface area contributed by atoms with E-state index >= 15 is 0 Å². The van der Waals surface area contributed by atoms with Crippen molar-refractivity contribution in [1.29, 1.82) is 0 Å². The number of rotatable bonds is 3. The van der Waals surface area contributed by atoms with Gasteiger partial charge < -0.3 is 9.42 Å². The van der Waals surface area contributed by atoms with E-state index in [0.717, 1.165) is 17.7 Å². The van der Waals surface area contributed by atoms with E-state index in [0.29, 0.717) is 5.82 Å². The van der Waals surface area contributed by atoms with Crippen LogP contribution in [0.4, 0.5) is 8.78 Å². The van der Waals surface area contributed by atoms with Crippen LogP contribution in [0.1, 0.15) is 53.3 Å². The van der Waals surface area contributed by atoms with Crippen LogP contribution < -0.4 is 0 Å². The molecule has 0 unspecified atom stereocenters. The molecule has 2 aromatic rings. The van der Waals surface area contributed by atoms with Crippen molar-refractivity contribution in [2.75, 3.05) is 6.54 Å². The molecule has 1 atom stereocenters. The number of halogens is 2. The van der Waals surface area contributed by atoms with E-state index in [4.69, 9.17) is 4.52 Å². The van der Waals surface area contributed by atoms with E-state index in [-0.39, 0.29) is 17.4 Å². The first-order chi connectivity index (χ1) is 11.0. The van der Waals surface area contributed by atoms with Gasteiger partial charge in [-0.1, -0.05) is 5.16 Å². The van der Waals surface area contributed by atoms with Crippen LogP contribution in [0, 0.1) is 0 Å². The molecular formula is C14H13F2N5O2. The third-order valence-electron chi connectivity index (χ3n) is 4.05. The third-order valence-corrected chi connectivity index (χ3v) is 4.05. The van der Waals surface area contributed by atoms with E-state index in [1.165, 1.54) is 18.5 Å². The molecule has 1 saturated heterocycles. The highest BCUT2D eigenvalue weighted by atomic mass is 19.3. The molecule has 120 valence electrons. The number of hydrogen-bond acceptors (Lipinski definition) is 6. The Bertz CT molecular complexity index is 732. The lowest BCUT2D eigenvalue weighted by Crippen LogP contribution is -2.33. The quantitative estimate of drug-likeness (QED) is 0.859. The molecule has 0 bridgehead atoms. The van der Waals surface area contributed by atoms with E-state index in [1.54, 1.807) is 0 Å². The Labute approximate surface area is 129 Å². The fourth-order valence-electron chi connectivity index (χ4n) is 2.72. The second kappa shape index (κ2) is 5.04. The van der Waals surface area contributed by atoms with Crippen LogP contribution in [0.15, 0.2) is 23.0 Å². The zero-order valence-electron chi connectivity index (χ0n) is 12.0. The molecule has 7 nitrogen and oxygen atoms in total. The van der Waals surface area contributed by atoms with Crippen LogP contribution in [-0.4, -0.2) is 43.6 Å². The number of likely N-dealkylation sites (tertiary alicyclic amines) is 1. The number of alkyl halides is 2. The predicted molar refractivity (Wildman–Crippen MR) is 71.6 cm³/mol. The van der Waals surface area contributed by atoms with Gasteiger partial charge in [0, 0.05) is 12.3 Å². The molecule has 1 aliphatic carbocycles. The van der Waals surface area contributed by atoms with E-state index in [9.17, 15) is 13.6 Å². The van der Waals surface area contributed by atoms with Crippen molar-refractivity contribution in [1.82, 2.24) is 25.2 Å². The van der Waals surface area contributed by atoms with Gasteiger partial charge in [-0.2, -0.15) is 15.2 Å². The second-order valence-corrected chi connectivity index (χ2v) is 5.91. The number of aromatic nitrogens is 4. The summed E-state index contributed by atoms with van der Waals surface area (Å²) in [4.78, 5) is 17.8. The minimum absolute atomic E-state index is 0.0689. The van der Waals surface area contributed by atoms with Gasteiger partial charge in [0.15, 0.2) is 5.82 Å². The Morgan fingerprint density at radius 3 is 2.87 bits per heavy atom. The maximum absolute atomic E-state index is 13.9. The zero-order chi connectivity index (χ0) is 16.0. The molecule has 9 heteroatoms. The molecule has 2 aliphatic rings. The standard InChI is InChI=1S/C14H13F2N5O2/c15-14(16)5-10(12-19-11(20-23-12)8-1-2-8)21(7-14)13(22)9-3-4-17-18-6-9/h3-4,6,8,10H,1-2,5,7H2/t10-/m0/s1. The van der Waals surface area contributed by atoms with Gasteiger partial charge in [0.25, 0.3) is 11.8 Å². The SMILES string of the molecule is O=C(c1ccnnc1)N1CC(F)(F)C[C@H]1c1nc(C2CC2)no1. The Morgan fingerprint density at radius 1 is 1.35 bits per heavy atom. The molecule has 0 spiro atoms. The maximum atomic E-state index is 13.9. The molecule has 1 saturated carbocycles. The monoisotopic (exact) mass is 321 g/mol. The number of amides is 1. The van der Waals surface area contributed by atoms with Crippen molar-refractivity contribution < 1.29 is 18.1 Å². The first kappa shape index (κ1) is 14.2. The van der Waals surface area contributed by atoms with Crippen LogP contribution in [-0.2, 0) is 0 Å². The number of hydrogen-bond donors (Lipinski definition) is 0. The van der Waals surface area contributed by atoms with Gasteiger partial charge in [-0.3, -0.25) is 4.79 Å². The van der Waals surface area contributed by atoms with Gasteiger partial charge in [0.1, 0.15) is 6.04 Å². The van der Waals surface area contributed by atoms with Crippen LogP contribution >= 0.6 is 0 Å². The maximum Gasteiger partial charge on any atom is 0.267 e. The summed E-state index contributed by atoms with van der Waals surface area (Å²) in [7, 11) is 0. The Hall–Kier alpha value is -2.45. The first-order valence-corrected chi connectivity index (χ1v) is 7.32. The summed E-state index contributed by atoms with van der Waals surface area (Å²) < 4.78 is 32.9. The minimum atomic E-state index is -2.99. The fourth-order valence-corrected chi connectivity index (χ4v) is 2.72. The lowest BCUT2D eigenvalue weighted by atomic mass is 10.2. The summed E-state index contributed by atoms with van der Waals surface area (Å²) in [5.41, 5.74) is 0.199.